The van der Waals surface area contributed by atoms with Crippen LogP contribution in [0.1, 0.15) is 26.1 Å². The average Bonchev–Trinajstić information content (AvgIpc) is 2.26. The Labute approximate surface area is 88.7 Å². The molecule has 78 valence electrons. The molecule has 0 aliphatic carbocycles. The van der Waals surface area contributed by atoms with E-state index in [0.717, 1.165) is 11.6 Å². The molecule has 0 aliphatic rings. The Morgan fingerprint density at radius 1 is 1.64 bits per heavy atom. The Bertz CT molecular complexity index is 279. The van der Waals surface area contributed by atoms with Crippen LogP contribution in [0.15, 0.2) is 12.3 Å². The topological polar surface area (TPSA) is 63.8 Å². The van der Waals surface area contributed by atoms with Gasteiger partial charge in [0.2, 0.25) is 0 Å². The van der Waals surface area contributed by atoms with Gasteiger partial charge >= 0.3 is 0 Å². The normalized spacial score (nSPS) is 12.5. The van der Waals surface area contributed by atoms with E-state index in [1.54, 1.807) is 12.3 Å². The molecule has 0 fully saturated rings. The van der Waals surface area contributed by atoms with Crippen LogP contribution in [0, 0.1) is 0 Å². The van der Waals surface area contributed by atoms with Gasteiger partial charge in [-0.2, -0.15) is 11.8 Å². The Hall–Kier alpha value is -0.810. The van der Waals surface area contributed by atoms with Crippen molar-refractivity contribution >= 4 is 17.6 Å². The smallest absolute Gasteiger partial charge is 0.143 e. The van der Waals surface area contributed by atoms with E-state index in [-0.39, 0.29) is 0 Å². The molecule has 0 saturated carbocycles. The Morgan fingerprint density at radius 3 is 3.07 bits per heavy atom. The molecule has 1 aromatic heterocycles. The Kier molecular flexibility index (Phi) is 4.69. The highest BCUT2D eigenvalue weighted by atomic mass is 32.2. The summed E-state index contributed by atoms with van der Waals surface area (Å²) in [6.45, 7) is 4.38. The summed E-state index contributed by atoms with van der Waals surface area (Å²) in [5, 5.41) is 0.646. The molecule has 0 aliphatic heterocycles. The predicted molar refractivity (Wildman–Crippen MR) is 60.9 cm³/mol. The van der Waals surface area contributed by atoms with Crippen molar-refractivity contribution < 1.29 is 0 Å². The van der Waals surface area contributed by atoms with Crippen LogP contribution < -0.4 is 11.3 Å². The highest BCUT2D eigenvalue weighted by Gasteiger charge is 2.02. The quantitative estimate of drug-likeness (QED) is 0.575. The van der Waals surface area contributed by atoms with Gasteiger partial charge in [-0.05, 0) is 6.42 Å². The lowest BCUT2D eigenvalue weighted by atomic mass is 10.4. The van der Waals surface area contributed by atoms with E-state index < -0.39 is 0 Å². The van der Waals surface area contributed by atoms with Crippen molar-refractivity contribution in [2.24, 2.45) is 5.84 Å². The zero-order valence-corrected chi connectivity index (χ0v) is 9.34. The first-order valence-electron chi connectivity index (χ1n) is 4.66. The van der Waals surface area contributed by atoms with Crippen LogP contribution in [0.2, 0.25) is 0 Å². The highest BCUT2D eigenvalue weighted by molar-refractivity contribution is 7.99. The second-order valence-electron chi connectivity index (χ2n) is 3.03. The van der Waals surface area contributed by atoms with Gasteiger partial charge in [0.25, 0.3) is 0 Å². The molecule has 14 heavy (non-hydrogen) atoms. The van der Waals surface area contributed by atoms with Crippen molar-refractivity contribution in [3.8, 4) is 0 Å². The minimum Gasteiger partial charge on any atom is -0.308 e. The van der Waals surface area contributed by atoms with Gasteiger partial charge in [-0.1, -0.05) is 13.8 Å². The van der Waals surface area contributed by atoms with Crippen molar-refractivity contribution in [3.63, 3.8) is 0 Å². The highest BCUT2D eigenvalue weighted by Crippen LogP contribution is 2.17. The first-order chi connectivity index (χ1) is 6.76. The molecule has 0 bridgehead atoms. The van der Waals surface area contributed by atoms with Crippen LogP contribution in [-0.4, -0.2) is 15.2 Å². The van der Waals surface area contributed by atoms with Gasteiger partial charge in [0.15, 0.2) is 0 Å². The Morgan fingerprint density at radius 2 is 2.43 bits per heavy atom. The molecule has 1 atom stereocenters. The minimum atomic E-state index is 0.646. The number of nitrogen functional groups attached to an aromatic ring is 1. The molecule has 4 nitrogen and oxygen atoms in total. The van der Waals surface area contributed by atoms with E-state index in [2.05, 4.69) is 29.2 Å². The van der Waals surface area contributed by atoms with E-state index in [1.807, 2.05) is 11.8 Å². The number of hydrazine groups is 1. The largest absolute Gasteiger partial charge is 0.308 e. The van der Waals surface area contributed by atoms with Gasteiger partial charge in [-0.15, -0.1) is 0 Å². The fraction of sp³-hybridized carbons (Fsp3) is 0.556. The van der Waals surface area contributed by atoms with Crippen LogP contribution in [-0.2, 0) is 5.75 Å². The summed E-state index contributed by atoms with van der Waals surface area (Å²) in [6.07, 6.45) is 2.88. The summed E-state index contributed by atoms with van der Waals surface area (Å²) < 4.78 is 0. The molecule has 0 radical (unpaired) electrons. The average molecular weight is 212 g/mol. The maximum Gasteiger partial charge on any atom is 0.143 e. The lowest BCUT2D eigenvalue weighted by Crippen LogP contribution is -2.10. The third-order valence-electron chi connectivity index (χ3n) is 1.93. The number of rotatable bonds is 5. The van der Waals surface area contributed by atoms with Crippen molar-refractivity contribution in [1.29, 1.82) is 0 Å². The van der Waals surface area contributed by atoms with Gasteiger partial charge < -0.3 is 5.43 Å². The summed E-state index contributed by atoms with van der Waals surface area (Å²) in [7, 11) is 0. The Balaban J connectivity index is 2.50. The maximum atomic E-state index is 5.25. The third kappa shape index (κ3) is 3.51. The van der Waals surface area contributed by atoms with Gasteiger partial charge in [0.1, 0.15) is 11.6 Å². The molecule has 1 aromatic rings. The van der Waals surface area contributed by atoms with Crippen molar-refractivity contribution in [3.05, 3.63) is 18.1 Å². The lowest BCUT2D eigenvalue weighted by Gasteiger charge is -2.07. The van der Waals surface area contributed by atoms with E-state index in [1.165, 1.54) is 6.42 Å². The molecule has 0 spiro atoms. The number of hydrogen-bond donors (Lipinski definition) is 2. The first kappa shape index (κ1) is 11.3. The second-order valence-corrected chi connectivity index (χ2v) is 4.46. The van der Waals surface area contributed by atoms with Crippen LogP contribution in [0.4, 0.5) is 5.82 Å². The van der Waals surface area contributed by atoms with E-state index in [0.29, 0.717) is 11.1 Å². The summed E-state index contributed by atoms with van der Waals surface area (Å²) in [4.78, 5) is 8.40. The number of aromatic nitrogens is 2. The number of anilines is 1. The molecule has 1 rings (SSSR count). The molecule has 1 unspecified atom stereocenters. The van der Waals surface area contributed by atoms with Gasteiger partial charge in [0, 0.05) is 17.5 Å². The first-order valence-corrected chi connectivity index (χ1v) is 5.71. The fourth-order valence-corrected chi connectivity index (χ4v) is 1.69. The maximum absolute atomic E-state index is 5.25. The predicted octanol–water partition coefficient (Wildman–Crippen LogP) is 1.79. The fourth-order valence-electron chi connectivity index (χ4n) is 0.884. The molecular weight excluding hydrogens is 196 g/mol. The standard InChI is InChI=1S/C9H16N4S/c1-3-7(2)14-6-9-11-5-4-8(12-9)13-10/h4-5,7H,3,6,10H2,1-2H3,(H,11,12,13). The molecule has 0 aromatic carbocycles. The molecule has 3 N–H and O–H groups in total. The van der Waals surface area contributed by atoms with E-state index in [4.69, 9.17) is 5.84 Å². The van der Waals surface area contributed by atoms with Crippen molar-refractivity contribution in [1.82, 2.24) is 9.97 Å². The number of nitrogens with one attached hydrogen (secondary N) is 1. The zero-order valence-electron chi connectivity index (χ0n) is 8.53. The van der Waals surface area contributed by atoms with Gasteiger partial charge in [-0.3, -0.25) is 0 Å². The lowest BCUT2D eigenvalue weighted by molar-refractivity contribution is 0.901. The number of hydrogen-bond acceptors (Lipinski definition) is 5. The molecule has 0 saturated heterocycles. The minimum absolute atomic E-state index is 0.646. The second kappa shape index (κ2) is 5.82. The summed E-state index contributed by atoms with van der Waals surface area (Å²) in [5.41, 5.74) is 2.51. The van der Waals surface area contributed by atoms with Crippen molar-refractivity contribution in [2.45, 2.75) is 31.3 Å². The zero-order chi connectivity index (χ0) is 10.4. The summed E-state index contributed by atoms with van der Waals surface area (Å²) in [5.74, 6) is 7.58. The SMILES string of the molecule is CCC(C)SCc1nccc(NN)n1. The molecule has 1 heterocycles. The summed E-state index contributed by atoms with van der Waals surface area (Å²) >= 11 is 1.86. The third-order valence-corrected chi connectivity index (χ3v) is 3.25. The number of thioether (sulfide) groups is 1. The van der Waals surface area contributed by atoms with E-state index in [9.17, 15) is 0 Å². The molecule has 0 amide bonds. The monoisotopic (exact) mass is 212 g/mol. The van der Waals surface area contributed by atoms with Gasteiger partial charge in [-0.25, -0.2) is 15.8 Å². The number of nitrogens with zero attached hydrogens (tertiary/aromatic N) is 2. The van der Waals surface area contributed by atoms with Crippen LogP contribution in [0.3, 0.4) is 0 Å². The number of nitrogens with two attached hydrogens (primary N) is 1. The molecular formula is C9H16N4S. The van der Waals surface area contributed by atoms with Gasteiger partial charge in [0.05, 0.1) is 5.75 Å². The van der Waals surface area contributed by atoms with Crippen molar-refractivity contribution in [2.75, 3.05) is 5.43 Å². The van der Waals surface area contributed by atoms with Crippen LogP contribution >= 0.6 is 11.8 Å². The summed E-state index contributed by atoms with van der Waals surface area (Å²) in [6, 6.07) is 1.75. The van der Waals surface area contributed by atoms with Crippen LogP contribution in [0.25, 0.3) is 0 Å². The van der Waals surface area contributed by atoms with E-state index >= 15 is 0 Å². The molecule has 5 heteroatoms. The van der Waals surface area contributed by atoms with Crippen LogP contribution in [0.5, 0.6) is 0 Å².